The summed E-state index contributed by atoms with van der Waals surface area (Å²) < 4.78 is 0. The number of hydrogen-bond acceptors (Lipinski definition) is 12. The minimum atomic E-state index is -1.23. The number of para-hydroxylation sites is 1. The third kappa shape index (κ3) is 15.5. The maximum atomic E-state index is 15.0. The minimum absolute atomic E-state index is 0.0238. The molecular formula is C61H89N13O10. The number of aromatic nitrogens is 1. The van der Waals surface area contributed by atoms with Crippen molar-refractivity contribution in [3.63, 3.8) is 0 Å². The molecule has 7 rings (SSSR count). The van der Waals surface area contributed by atoms with Gasteiger partial charge in [0.05, 0.1) is 6.04 Å². The van der Waals surface area contributed by atoms with E-state index in [-0.39, 0.29) is 82.8 Å². The summed E-state index contributed by atoms with van der Waals surface area (Å²) in [5.74, 6) is -7.82. The molecule has 23 nitrogen and oxygen atoms in total. The van der Waals surface area contributed by atoms with Crippen molar-refractivity contribution in [2.24, 2.45) is 35.1 Å². The van der Waals surface area contributed by atoms with Crippen LogP contribution in [0, 0.1) is 23.7 Å². The van der Waals surface area contributed by atoms with E-state index in [1.165, 1.54) is 9.80 Å². The summed E-state index contributed by atoms with van der Waals surface area (Å²) >= 11 is 0. The van der Waals surface area contributed by atoms with E-state index >= 15 is 0 Å². The monoisotopic (exact) mass is 1160 g/mol. The number of hydrogen-bond donors (Lipinski definition) is 11. The Bertz CT molecular complexity index is 2870. The van der Waals surface area contributed by atoms with Crippen molar-refractivity contribution in [1.29, 1.82) is 0 Å². The van der Waals surface area contributed by atoms with Gasteiger partial charge in [-0.1, -0.05) is 104 Å². The van der Waals surface area contributed by atoms with Crippen LogP contribution in [-0.4, -0.2) is 154 Å². The number of rotatable bonds is 14. The molecule has 1 unspecified atom stereocenters. The molecule has 0 radical (unpaired) electrons. The number of nitrogens with zero attached hydrogens (tertiary/aromatic N) is 2. The van der Waals surface area contributed by atoms with Crippen LogP contribution in [0.25, 0.3) is 10.9 Å². The van der Waals surface area contributed by atoms with Gasteiger partial charge in [0.2, 0.25) is 59.1 Å². The van der Waals surface area contributed by atoms with Gasteiger partial charge in [0.25, 0.3) is 0 Å². The first-order valence-electron chi connectivity index (χ1n) is 30.1. The first kappa shape index (κ1) is 64.2. The molecule has 3 fully saturated rings. The third-order valence-corrected chi connectivity index (χ3v) is 16.4. The van der Waals surface area contributed by atoms with Crippen molar-refractivity contribution >= 4 is 70.0 Å². The Morgan fingerprint density at radius 2 is 1.00 bits per heavy atom. The van der Waals surface area contributed by atoms with Crippen LogP contribution in [0.3, 0.4) is 0 Å². The van der Waals surface area contributed by atoms with Crippen molar-refractivity contribution in [2.75, 3.05) is 19.6 Å². The number of aromatic amines is 1. The summed E-state index contributed by atoms with van der Waals surface area (Å²) in [6, 6.07) is 3.99. The largest absolute Gasteiger partial charge is 0.356 e. The quantitative estimate of drug-likeness (QED) is 0.109. The Labute approximate surface area is 492 Å². The summed E-state index contributed by atoms with van der Waals surface area (Å²) in [6.07, 6.45) is 1.83. The van der Waals surface area contributed by atoms with Gasteiger partial charge in [-0.05, 0) is 105 Å². The highest BCUT2D eigenvalue weighted by molar-refractivity contribution is 6.01. The lowest BCUT2D eigenvalue weighted by Gasteiger charge is -2.37. The molecule has 4 aliphatic heterocycles. The number of nitrogens with one attached hydrogen (secondary N) is 9. The number of fused-ring (bicyclic) bond motifs is 6. The molecule has 2 aromatic carbocycles. The predicted octanol–water partition coefficient (Wildman–Crippen LogP) is 1.37. The summed E-state index contributed by atoms with van der Waals surface area (Å²) in [4.78, 5) is 153. The SMILES string of the molecule is CC(C)C[C@@H]1NC(=O)[C@H](CCCN)NC(=O)[C@H](C(C)C)NC(=O)[C@H]2Cc3c([nH]c4ccccc34)C3C[C@@H](NC(=O)[C@H](CC(C)C)NC(=O)[C@H](CCCN)NC(=O)[C@H](C(C)C)NC(=O)[C@@H]4CCCN4C(=O)[C@@H](Cc4ccccc4)NC1=O)C(=O)N32. The van der Waals surface area contributed by atoms with E-state index in [0.717, 1.165) is 16.5 Å². The summed E-state index contributed by atoms with van der Waals surface area (Å²) in [6.45, 7) is 14.9. The van der Waals surface area contributed by atoms with E-state index < -0.39 is 137 Å². The van der Waals surface area contributed by atoms with Gasteiger partial charge >= 0.3 is 0 Å². The number of amides is 10. The van der Waals surface area contributed by atoms with Crippen LogP contribution in [0.15, 0.2) is 54.6 Å². The van der Waals surface area contributed by atoms with Crippen LogP contribution in [0.2, 0.25) is 0 Å². The topological polar surface area (TPSA) is 341 Å². The Hall–Kier alpha value is -7.40. The van der Waals surface area contributed by atoms with E-state index in [4.69, 9.17) is 11.5 Å². The fraction of sp³-hybridized carbons (Fsp3) is 0.607. The molecular weight excluding hydrogens is 1070 g/mol. The number of benzene rings is 2. The number of carbonyl (C=O) groups is 10. The molecule has 2 bridgehead atoms. The lowest BCUT2D eigenvalue weighted by atomic mass is 9.91. The standard InChI is InChI=1S/C61H89N13O10/c1-32(2)27-42-54(77)69-44(29-36-17-10-9-11-18-36)60(83)73-26-16-23-46(73)56(79)71-49(34(5)6)58(81)65-40(21-14-24-62)53(76)68-43(28-33(3)4)55(78)70-45-31-47-51-38(37-19-12-13-20-39(37)64-51)30-48(74(47)61(45)84)57(80)72-50(35(7)8)59(82)66-41(22-15-25-63)52(75)67-42/h9-13,17-20,32-35,40-50,64H,14-16,21-31,62-63H2,1-8H3,(H,65,81)(H,66,82)(H,67,75)(H,68,76)(H,69,77)(H,70,78)(H,71,79)(H,72,80)/t40-,41-,42-,43-,44+,45+,46-,47?,48+,49-,50-/m0/s1. The summed E-state index contributed by atoms with van der Waals surface area (Å²) in [5, 5.41) is 23.8. The molecule has 10 amide bonds. The van der Waals surface area contributed by atoms with Crippen molar-refractivity contribution in [2.45, 2.75) is 192 Å². The Morgan fingerprint density at radius 1 is 0.512 bits per heavy atom. The van der Waals surface area contributed by atoms with E-state index in [9.17, 15) is 47.9 Å². The number of carbonyl (C=O) groups excluding carboxylic acids is 10. The van der Waals surface area contributed by atoms with Crippen LogP contribution in [0.1, 0.15) is 136 Å². The van der Waals surface area contributed by atoms with Crippen molar-refractivity contribution in [3.05, 3.63) is 71.4 Å². The highest BCUT2D eigenvalue weighted by Crippen LogP contribution is 2.44. The molecule has 0 spiro atoms. The minimum Gasteiger partial charge on any atom is -0.356 e. The molecule has 1 aromatic heterocycles. The van der Waals surface area contributed by atoms with Crippen molar-refractivity contribution < 1.29 is 47.9 Å². The van der Waals surface area contributed by atoms with E-state index in [0.29, 0.717) is 30.5 Å². The van der Waals surface area contributed by atoms with Gasteiger partial charge in [-0.2, -0.15) is 0 Å². The van der Waals surface area contributed by atoms with Gasteiger partial charge in [-0.15, -0.1) is 0 Å². The Balaban J connectivity index is 1.28. The molecule has 4 aliphatic rings. The first-order chi connectivity index (χ1) is 40.0. The number of nitrogens with two attached hydrogens (primary N) is 2. The van der Waals surface area contributed by atoms with E-state index in [2.05, 4.69) is 47.5 Å². The lowest BCUT2D eigenvalue weighted by molar-refractivity contribution is -0.143. The average molecular weight is 1160 g/mol. The molecule has 3 aromatic rings. The zero-order valence-corrected chi connectivity index (χ0v) is 49.9. The van der Waals surface area contributed by atoms with Gasteiger partial charge in [-0.25, -0.2) is 0 Å². The van der Waals surface area contributed by atoms with Crippen molar-refractivity contribution in [1.82, 2.24) is 57.3 Å². The molecule has 23 heteroatoms. The zero-order valence-electron chi connectivity index (χ0n) is 49.9. The molecule has 5 heterocycles. The predicted molar refractivity (Wildman–Crippen MR) is 315 cm³/mol. The van der Waals surface area contributed by atoms with Crippen LogP contribution in [0.4, 0.5) is 0 Å². The highest BCUT2D eigenvalue weighted by atomic mass is 16.2. The van der Waals surface area contributed by atoms with Crippen LogP contribution in [0.5, 0.6) is 0 Å². The van der Waals surface area contributed by atoms with Gasteiger partial charge in [0.1, 0.15) is 60.4 Å². The molecule has 84 heavy (non-hydrogen) atoms. The second kappa shape index (κ2) is 28.9. The fourth-order valence-corrected chi connectivity index (χ4v) is 12.1. The normalized spacial score (nSPS) is 27.4. The van der Waals surface area contributed by atoms with Crippen LogP contribution < -0.4 is 54.0 Å². The highest BCUT2D eigenvalue weighted by Gasteiger charge is 2.52. The van der Waals surface area contributed by atoms with E-state index in [1.807, 2.05) is 58.0 Å². The molecule has 13 N–H and O–H groups in total. The second-order valence-electron chi connectivity index (χ2n) is 24.6. The summed E-state index contributed by atoms with van der Waals surface area (Å²) in [5.41, 5.74) is 14.9. The van der Waals surface area contributed by atoms with Crippen LogP contribution >= 0.6 is 0 Å². The van der Waals surface area contributed by atoms with Gasteiger partial charge < -0.3 is 68.8 Å². The molecule has 458 valence electrons. The van der Waals surface area contributed by atoms with Crippen LogP contribution in [-0.2, 0) is 60.8 Å². The Morgan fingerprint density at radius 3 is 1.54 bits per heavy atom. The zero-order chi connectivity index (χ0) is 61.1. The molecule has 0 aliphatic carbocycles. The van der Waals surface area contributed by atoms with Gasteiger partial charge in [0.15, 0.2) is 0 Å². The molecule has 11 atom stereocenters. The molecule has 0 saturated carbocycles. The fourth-order valence-electron chi connectivity index (χ4n) is 12.1. The maximum absolute atomic E-state index is 15.0. The van der Waals surface area contributed by atoms with Gasteiger partial charge in [0, 0.05) is 42.4 Å². The summed E-state index contributed by atoms with van der Waals surface area (Å²) in [7, 11) is 0. The second-order valence-corrected chi connectivity index (χ2v) is 24.6. The number of H-pyrrole nitrogens is 1. The smallest absolute Gasteiger partial charge is 0.246 e. The van der Waals surface area contributed by atoms with Crippen molar-refractivity contribution in [3.8, 4) is 0 Å². The average Bonchev–Trinajstić information content (AvgIpc) is 1.81. The molecule has 3 saturated heterocycles. The maximum Gasteiger partial charge on any atom is 0.246 e. The third-order valence-electron chi connectivity index (χ3n) is 16.4. The van der Waals surface area contributed by atoms with Gasteiger partial charge in [-0.3, -0.25) is 47.9 Å². The van der Waals surface area contributed by atoms with E-state index in [1.54, 1.807) is 52.0 Å². The Kier molecular flexibility index (Phi) is 22.1. The lowest BCUT2D eigenvalue weighted by Crippen LogP contribution is -2.62. The first-order valence-corrected chi connectivity index (χ1v) is 30.1.